The van der Waals surface area contributed by atoms with Crippen molar-refractivity contribution in [2.45, 2.75) is 0 Å². The third kappa shape index (κ3) is 730. The monoisotopic (exact) mass is 364 g/mol. The predicted molar refractivity (Wildman–Crippen MR) is 56.5 cm³/mol. The summed E-state index contributed by atoms with van der Waals surface area (Å²) < 4.78 is 45.3. The second kappa shape index (κ2) is 911. The van der Waals surface area contributed by atoms with Gasteiger partial charge in [-0.15, -0.1) is 0 Å². The summed E-state index contributed by atoms with van der Waals surface area (Å²) in [6.07, 6.45) is 0. The van der Waals surface area contributed by atoms with E-state index >= 15 is 0 Å². The van der Waals surface area contributed by atoms with Crippen LogP contribution in [0.2, 0.25) is 0 Å². The number of rotatable bonds is 0. The zero-order valence-corrected chi connectivity index (χ0v) is 11.1. The first kappa shape index (κ1) is 44.8. The van der Waals surface area contributed by atoms with E-state index < -0.39 is 0 Å². The van der Waals surface area contributed by atoms with E-state index in [0.717, 1.165) is 0 Å². The van der Waals surface area contributed by atoms with E-state index in [9.17, 15) is 0 Å². The molecule has 0 aromatic rings. The van der Waals surface area contributed by atoms with Crippen molar-refractivity contribution in [3.8, 4) is 0 Å². The average molecular weight is 367 g/mol. The summed E-state index contributed by atoms with van der Waals surface area (Å²) in [6.45, 7) is 0. The minimum Gasteiger partial charge on any atom is -0.295 e. The summed E-state index contributed by atoms with van der Waals surface area (Å²) in [5.74, 6) is 0. The molecule has 0 spiro atoms. The minimum atomic E-state index is 3.64. The first-order chi connectivity index (χ1) is 7.00. The second-order valence-electron chi connectivity index (χ2n) is 0. The van der Waals surface area contributed by atoms with E-state index in [-0.39, 0.29) is 0 Å². The highest BCUT2D eigenvalue weighted by Gasteiger charge is 0.909. The zero-order valence-electron chi connectivity index (χ0n) is 5.78. The Bertz CT molecular complexity index is 14.0. The van der Waals surface area contributed by atoms with Crippen molar-refractivity contribution < 1.29 is 32.6 Å². The molecule has 14 heteroatoms. The highest BCUT2D eigenvalue weighted by molar-refractivity contribution is 6.05. The Kier molecular flexibility index (Phi) is 2910. The van der Waals surface area contributed by atoms with Crippen molar-refractivity contribution in [1.29, 1.82) is 0 Å². The molecule has 0 amide bonds. The van der Waals surface area contributed by atoms with Crippen molar-refractivity contribution in [3.63, 3.8) is 0 Å². The van der Waals surface area contributed by atoms with Crippen LogP contribution in [0.1, 0.15) is 0 Å². The van der Waals surface area contributed by atoms with E-state index in [1.165, 1.54) is 0 Å². The highest BCUT2D eigenvalue weighted by Crippen LogP contribution is 1.32. The van der Waals surface area contributed by atoms with Gasteiger partial charge in [0.1, 0.15) is 0 Å². The predicted octanol–water partition coefficient (Wildman–Crippen LogP) is 0.927. The van der Waals surface area contributed by atoms with Gasteiger partial charge in [0.2, 0.25) is 0 Å². The summed E-state index contributed by atoms with van der Waals surface area (Å²) in [5, 5.41) is 0. The maximum absolute atomic E-state index is 6.47. The summed E-state index contributed by atoms with van der Waals surface area (Å²) in [5.41, 5.74) is 0. The van der Waals surface area contributed by atoms with Crippen LogP contribution >= 0.6 is 83.1 Å². The Balaban J connectivity index is -0.00000000817. The third-order valence-corrected chi connectivity index (χ3v) is 0. The molecule has 0 heterocycles. The Morgan fingerprint density at radius 3 is 0.214 bits per heavy atom. The molecule has 14 heavy (non-hydrogen) atoms. The smallest absolute Gasteiger partial charge is 0.0579 e. The maximum Gasteiger partial charge on any atom is 0.0579 e. The quantitative estimate of drug-likeness (QED) is 0.338. The Labute approximate surface area is 115 Å². The van der Waals surface area contributed by atoms with E-state index in [2.05, 4.69) is 83.1 Å². The van der Waals surface area contributed by atoms with E-state index in [0.29, 0.717) is 0 Å². The lowest BCUT2D eigenvalue weighted by Crippen LogP contribution is -0.913. The van der Waals surface area contributed by atoms with Crippen LogP contribution < -0.4 is 0 Å². The molecule has 0 aliphatic heterocycles. The van der Waals surface area contributed by atoms with Crippen molar-refractivity contribution >= 4 is 83.1 Å². The van der Waals surface area contributed by atoms with Gasteiger partial charge in [-0.3, -0.25) is 32.6 Å². The van der Waals surface area contributed by atoms with Gasteiger partial charge in [-0.2, -0.15) is 0 Å². The molecule has 0 rings (SSSR count). The molecule has 0 atom stereocenters. The van der Waals surface area contributed by atoms with E-state index in [4.69, 9.17) is 32.6 Å². The molecular weight excluding hydrogens is 360 g/mol. The molecule has 0 saturated carbocycles. The molecule has 0 unspecified atom stereocenters. The molecule has 0 fully saturated rings. The molecule has 0 bridgehead atoms. The highest BCUT2D eigenvalue weighted by atomic mass is 35.5. The number of hydrogen-bond donors (Lipinski definition) is 7. The van der Waals surface area contributed by atoms with Crippen LogP contribution in [-0.2, 0) is 0 Å². The average Bonchev–Trinajstić information content (AvgIpc) is 2.45. The molecule has 0 radical (unpaired) electrons. The molecule has 7 nitrogen and oxygen atoms in total. The van der Waals surface area contributed by atoms with Crippen molar-refractivity contribution in [1.82, 2.24) is 0 Å². The van der Waals surface area contributed by atoms with Crippen LogP contribution in [0.3, 0.4) is 0 Å². The van der Waals surface area contributed by atoms with Gasteiger partial charge in [-0.05, 0) is 0 Å². The fourth-order valence-electron chi connectivity index (χ4n) is 0. The van der Waals surface area contributed by atoms with E-state index in [1.807, 2.05) is 0 Å². The largest absolute Gasteiger partial charge is 0.295 e. The normalized spacial score (nSPS) is 3.00. The molecule has 7 N–H and O–H groups in total. The van der Waals surface area contributed by atoms with Gasteiger partial charge in [0.15, 0.2) is 0 Å². The molecule has 0 aliphatic rings. The van der Waals surface area contributed by atoms with Crippen molar-refractivity contribution in [2.24, 2.45) is 0 Å². The first-order valence-corrected chi connectivity index (χ1v) is 3.55. The van der Waals surface area contributed by atoms with Crippen LogP contribution in [0.5, 0.6) is 0 Å². The van der Waals surface area contributed by atoms with Crippen LogP contribution in [0.4, 0.5) is 0 Å². The number of hydrogen-bond acceptors (Lipinski definition) is 7. The second-order valence-corrected chi connectivity index (χ2v) is 0. The van der Waals surface area contributed by atoms with Gasteiger partial charge < -0.3 is 0 Å². The van der Waals surface area contributed by atoms with Gasteiger partial charge >= 0.3 is 0 Å². The summed E-state index contributed by atoms with van der Waals surface area (Å²) in [4.78, 5) is 0. The maximum atomic E-state index is 6.47. The molecule has 0 aromatic carbocycles. The lowest BCUT2D eigenvalue weighted by molar-refractivity contribution is 0.632. The van der Waals surface area contributed by atoms with Gasteiger partial charge in [0.05, 0.1) is 83.1 Å². The molecule has 0 saturated heterocycles. The number of halogens is 7. The Morgan fingerprint density at radius 2 is 0.214 bits per heavy atom. The minimum absolute atomic E-state index is 3.64. The van der Waals surface area contributed by atoms with Gasteiger partial charge in [0.25, 0.3) is 0 Å². The van der Waals surface area contributed by atoms with Crippen LogP contribution in [0.25, 0.3) is 0 Å². The van der Waals surface area contributed by atoms with Crippen LogP contribution in [0.15, 0.2) is 0 Å². The third-order valence-electron chi connectivity index (χ3n) is 0. The van der Waals surface area contributed by atoms with Gasteiger partial charge in [0, 0.05) is 0 Å². The van der Waals surface area contributed by atoms with Crippen LogP contribution in [-0.4, -0.2) is 32.6 Å². The topological polar surface area (TPSA) is 142 Å². The van der Waals surface area contributed by atoms with Crippen molar-refractivity contribution in [2.75, 3.05) is 0 Å². The molecule has 98 valence electrons. The Hall–Kier alpha value is 1.75. The summed E-state index contributed by atoms with van der Waals surface area (Å²) in [7, 11) is 0. The lowest BCUT2D eigenvalue weighted by atomic mass is 15.9. The van der Waals surface area contributed by atoms with Crippen LogP contribution in [0, 0.1) is 0 Å². The van der Waals surface area contributed by atoms with Crippen molar-refractivity contribution in [3.05, 3.63) is 0 Å². The SMILES string of the molecule is OCl.OCl.OCl.OCl.OCl.OCl.OCl. The molecule has 0 aromatic heterocycles. The lowest BCUT2D eigenvalue weighted by Gasteiger charge is -1.13. The summed E-state index contributed by atoms with van der Waals surface area (Å²) >= 11 is 25.5. The first-order valence-electron chi connectivity index (χ1n) is 1.18. The standard InChI is InChI=1S/7ClHO/c7*1-2/h7*2H. The van der Waals surface area contributed by atoms with Gasteiger partial charge in [-0.1, -0.05) is 0 Å². The van der Waals surface area contributed by atoms with E-state index in [1.54, 1.807) is 0 Å². The Morgan fingerprint density at radius 1 is 0.214 bits per heavy atom. The van der Waals surface area contributed by atoms with Gasteiger partial charge in [-0.25, -0.2) is 0 Å². The zero-order chi connectivity index (χ0) is 14.0. The fourth-order valence-corrected chi connectivity index (χ4v) is 0. The molecular formula is H7Cl7O7. The summed E-state index contributed by atoms with van der Waals surface area (Å²) in [6, 6.07) is 0. The fraction of sp³-hybridized carbons (Fsp3) is 0. The molecule has 0 aliphatic carbocycles.